The Kier molecular flexibility index (Phi) is 4.73. The first-order valence-electron chi connectivity index (χ1n) is 8.85. The van der Waals surface area contributed by atoms with Crippen LogP contribution >= 0.6 is 0 Å². The van der Waals surface area contributed by atoms with E-state index in [-0.39, 0.29) is 11.8 Å². The minimum Gasteiger partial charge on any atom is -0.348 e. The lowest BCUT2D eigenvalue weighted by atomic mass is 10.0. The molecule has 0 heterocycles. The van der Waals surface area contributed by atoms with Gasteiger partial charge in [0.1, 0.15) is 0 Å². The SMILES string of the molecule is Cc1ccc([C@H](NC(=O)C2[C@H]3CCCC[C@@H]23)[C@@H](C)S(C)(=O)=O)cc1. The van der Waals surface area contributed by atoms with Crippen LogP contribution in [0.5, 0.6) is 0 Å². The van der Waals surface area contributed by atoms with Gasteiger partial charge in [-0.05, 0) is 44.1 Å². The summed E-state index contributed by atoms with van der Waals surface area (Å²) in [7, 11) is -3.25. The molecule has 24 heavy (non-hydrogen) atoms. The van der Waals surface area contributed by atoms with Gasteiger partial charge < -0.3 is 5.32 Å². The molecule has 0 radical (unpaired) electrons. The zero-order valence-corrected chi connectivity index (χ0v) is 15.5. The molecule has 2 fully saturated rings. The van der Waals surface area contributed by atoms with Crippen molar-refractivity contribution in [1.82, 2.24) is 5.32 Å². The Bertz CT molecular complexity index is 699. The number of benzene rings is 1. The molecule has 4 nitrogen and oxygen atoms in total. The van der Waals surface area contributed by atoms with Gasteiger partial charge in [0.2, 0.25) is 5.91 Å². The molecule has 1 N–H and O–H groups in total. The van der Waals surface area contributed by atoms with Crippen LogP contribution in [0.1, 0.15) is 49.8 Å². The highest BCUT2D eigenvalue weighted by atomic mass is 32.2. The third-order valence-electron chi connectivity index (χ3n) is 5.84. The number of hydrogen-bond acceptors (Lipinski definition) is 3. The summed E-state index contributed by atoms with van der Waals surface area (Å²) in [6.07, 6.45) is 5.94. The number of sulfone groups is 1. The van der Waals surface area contributed by atoms with Crippen molar-refractivity contribution >= 4 is 15.7 Å². The quantitative estimate of drug-likeness (QED) is 0.889. The summed E-state index contributed by atoms with van der Waals surface area (Å²) in [6.45, 7) is 3.67. The smallest absolute Gasteiger partial charge is 0.224 e. The van der Waals surface area contributed by atoms with Gasteiger partial charge in [-0.25, -0.2) is 8.42 Å². The minimum atomic E-state index is -3.25. The van der Waals surface area contributed by atoms with Crippen molar-refractivity contribution in [2.75, 3.05) is 6.26 Å². The Labute approximate surface area is 145 Å². The largest absolute Gasteiger partial charge is 0.348 e. The van der Waals surface area contributed by atoms with Crippen LogP contribution in [0.4, 0.5) is 0 Å². The molecule has 5 atom stereocenters. The predicted molar refractivity (Wildman–Crippen MR) is 95.3 cm³/mol. The molecule has 1 unspecified atom stereocenters. The highest BCUT2D eigenvalue weighted by Gasteiger charge is 2.55. The van der Waals surface area contributed by atoms with E-state index in [2.05, 4.69) is 5.32 Å². The molecule has 1 aromatic carbocycles. The molecule has 0 aliphatic heterocycles. The first-order valence-corrected chi connectivity index (χ1v) is 10.8. The molecule has 0 bridgehead atoms. The van der Waals surface area contributed by atoms with Crippen LogP contribution in [0.2, 0.25) is 0 Å². The molecule has 0 aromatic heterocycles. The first-order chi connectivity index (χ1) is 11.3. The van der Waals surface area contributed by atoms with Gasteiger partial charge in [-0.15, -0.1) is 0 Å². The van der Waals surface area contributed by atoms with E-state index in [9.17, 15) is 13.2 Å². The average Bonchev–Trinajstić information content (AvgIpc) is 3.26. The Hall–Kier alpha value is -1.36. The minimum absolute atomic E-state index is 0.0352. The molecule has 2 aliphatic carbocycles. The number of amides is 1. The summed E-state index contributed by atoms with van der Waals surface area (Å²) in [5, 5.41) is 2.41. The maximum absolute atomic E-state index is 12.7. The van der Waals surface area contributed by atoms with Gasteiger partial charge in [0.25, 0.3) is 0 Å². The van der Waals surface area contributed by atoms with Gasteiger partial charge in [0, 0.05) is 12.2 Å². The molecule has 1 aromatic rings. The molecule has 2 aliphatic rings. The Morgan fingerprint density at radius 1 is 1.12 bits per heavy atom. The highest BCUT2D eigenvalue weighted by Crippen LogP contribution is 2.55. The van der Waals surface area contributed by atoms with Crippen molar-refractivity contribution in [2.45, 2.75) is 50.8 Å². The zero-order valence-electron chi connectivity index (χ0n) is 14.7. The summed E-state index contributed by atoms with van der Waals surface area (Å²) >= 11 is 0. The molecular weight excluding hydrogens is 322 g/mol. The summed E-state index contributed by atoms with van der Waals surface area (Å²) in [5.74, 6) is 1.16. The van der Waals surface area contributed by atoms with Gasteiger partial charge in [-0.3, -0.25) is 4.79 Å². The van der Waals surface area contributed by atoms with Gasteiger partial charge in [0.05, 0.1) is 11.3 Å². The number of carbonyl (C=O) groups is 1. The molecule has 0 saturated heterocycles. The van der Waals surface area contributed by atoms with E-state index < -0.39 is 21.1 Å². The van der Waals surface area contributed by atoms with Crippen molar-refractivity contribution in [2.24, 2.45) is 17.8 Å². The summed E-state index contributed by atoms with van der Waals surface area (Å²) in [5.41, 5.74) is 1.97. The van der Waals surface area contributed by atoms with Crippen molar-refractivity contribution < 1.29 is 13.2 Å². The van der Waals surface area contributed by atoms with E-state index in [1.54, 1.807) is 6.92 Å². The van der Waals surface area contributed by atoms with Gasteiger partial charge in [-0.2, -0.15) is 0 Å². The van der Waals surface area contributed by atoms with E-state index in [1.165, 1.54) is 19.1 Å². The molecule has 132 valence electrons. The van der Waals surface area contributed by atoms with E-state index >= 15 is 0 Å². The molecule has 0 spiro atoms. The third-order valence-corrected chi connectivity index (χ3v) is 7.46. The second-order valence-electron chi connectivity index (χ2n) is 7.57. The number of carbonyl (C=O) groups excluding carboxylic acids is 1. The van der Waals surface area contributed by atoms with E-state index in [4.69, 9.17) is 0 Å². The second kappa shape index (κ2) is 6.51. The number of nitrogens with one attached hydrogen (secondary N) is 1. The number of aryl methyl sites for hydroxylation is 1. The first kappa shape index (κ1) is 17.5. The predicted octanol–water partition coefficient (Wildman–Crippen LogP) is 3.02. The monoisotopic (exact) mass is 349 g/mol. The lowest BCUT2D eigenvalue weighted by molar-refractivity contribution is -0.123. The van der Waals surface area contributed by atoms with Crippen LogP contribution in [0, 0.1) is 24.7 Å². The van der Waals surface area contributed by atoms with E-state index in [0.29, 0.717) is 11.8 Å². The number of fused-ring (bicyclic) bond motifs is 1. The highest BCUT2D eigenvalue weighted by molar-refractivity contribution is 7.91. The lowest BCUT2D eigenvalue weighted by Gasteiger charge is -2.25. The van der Waals surface area contributed by atoms with E-state index in [1.807, 2.05) is 31.2 Å². The van der Waals surface area contributed by atoms with Crippen molar-refractivity contribution in [3.8, 4) is 0 Å². The lowest BCUT2D eigenvalue weighted by Crippen LogP contribution is -2.39. The summed E-state index contributed by atoms with van der Waals surface area (Å²) in [4.78, 5) is 12.7. The van der Waals surface area contributed by atoms with Crippen molar-refractivity contribution in [3.63, 3.8) is 0 Å². The Balaban J connectivity index is 1.80. The fourth-order valence-electron chi connectivity index (χ4n) is 4.12. The molecule has 5 heteroatoms. The Morgan fingerprint density at radius 3 is 2.17 bits per heavy atom. The maximum atomic E-state index is 12.7. The average molecular weight is 349 g/mol. The van der Waals surface area contributed by atoms with Crippen LogP contribution in [-0.2, 0) is 14.6 Å². The van der Waals surface area contributed by atoms with Crippen LogP contribution in [-0.4, -0.2) is 25.8 Å². The molecule has 1 amide bonds. The summed E-state index contributed by atoms with van der Waals surface area (Å²) in [6, 6.07) is 7.26. The molecule has 3 rings (SSSR count). The van der Waals surface area contributed by atoms with Crippen LogP contribution < -0.4 is 5.32 Å². The maximum Gasteiger partial charge on any atom is 0.224 e. The van der Waals surface area contributed by atoms with Crippen molar-refractivity contribution in [1.29, 1.82) is 0 Å². The van der Waals surface area contributed by atoms with Crippen LogP contribution in [0.15, 0.2) is 24.3 Å². The topological polar surface area (TPSA) is 63.2 Å². The zero-order chi connectivity index (χ0) is 17.5. The van der Waals surface area contributed by atoms with Crippen LogP contribution in [0.25, 0.3) is 0 Å². The van der Waals surface area contributed by atoms with E-state index in [0.717, 1.165) is 24.0 Å². The normalized spacial score (nSPS) is 28.5. The van der Waals surface area contributed by atoms with Gasteiger partial charge in [-0.1, -0.05) is 42.7 Å². The second-order valence-corrected chi connectivity index (χ2v) is 9.97. The van der Waals surface area contributed by atoms with Crippen LogP contribution in [0.3, 0.4) is 0 Å². The summed E-state index contributed by atoms with van der Waals surface area (Å²) < 4.78 is 24.2. The fraction of sp³-hybridized carbons (Fsp3) is 0.632. The fourth-order valence-corrected chi connectivity index (χ4v) is 4.84. The Morgan fingerprint density at radius 2 is 1.67 bits per heavy atom. The number of rotatable bonds is 5. The molecular formula is C19H27NO3S. The van der Waals surface area contributed by atoms with Gasteiger partial charge in [0.15, 0.2) is 9.84 Å². The van der Waals surface area contributed by atoms with Crippen molar-refractivity contribution in [3.05, 3.63) is 35.4 Å². The molecule has 2 saturated carbocycles. The number of hydrogen-bond donors (Lipinski definition) is 1. The van der Waals surface area contributed by atoms with Gasteiger partial charge >= 0.3 is 0 Å². The standard InChI is InChI=1S/C19H27NO3S/c1-12-8-10-14(11-9-12)18(13(2)24(3,22)23)20-19(21)17-15-6-4-5-7-16(15)17/h8-11,13,15-18H,4-7H2,1-3H3,(H,20,21)/t13-,15-,16+,17?,18-/m1/s1. The third kappa shape index (κ3) is 3.51.